The number of likely N-dealkylation sites (N-methyl/N-ethyl adjacent to an activating group) is 1. The van der Waals surface area contributed by atoms with Crippen LogP contribution in [0.1, 0.15) is 48.9 Å². The lowest BCUT2D eigenvalue weighted by Crippen LogP contribution is -2.62. The summed E-state index contributed by atoms with van der Waals surface area (Å²) in [5, 5.41) is 8.71. The van der Waals surface area contributed by atoms with Crippen LogP contribution < -0.4 is 16.0 Å². The molecule has 0 unspecified atom stereocenters. The number of rotatable bonds is 9. The van der Waals surface area contributed by atoms with Gasteiger partial charge in [0.1, 0.15) is 23.7 Å². The van der Waals surface area contributed by atoms with Gasteiger partial charge in [-0.15, -0.1) is 12.4 Å². The Bertz CT molecular complexity index is 1500. The summed E-state index contributed by atoms with van der Waals surface area (Å²) in [6.07, 6.45) is 1.56. The summed E-state index contributed by atoms with van der Waals surface area (Å²) in [7, 11) is 1.63. The van der Waals surface area contributed by atoms with Crippen LogP contribution in [0.3, 0.4) is 0 Å². The Balaban J connectivity index is 0.00000500. The van der Waals surface area contributed by atoms with Crippen LogP contribution in [-0.2, 0) is 25.6 Å². The van der Waals surface area contributed by atoms with Crippen molar-refractivity contribution in [3.63, 3.8) is 0 Å². The van der Waals surface area contributed by atoms with Crippen LogP contribution in [0.25, 0.3) is 0 Å². The summed E-state index contributed by atoms with van der Waals surface area (Å²) in [6.45, 7) is 2.00. The van der Waals surface area contributed by atoms with Crippen molar-refractivity contribution in [3.05, 3.63) is 107 Å². The van der Waals surface area contributed by atoms with Gasteiger partial charge in [-0.3, -0.25) is 19.2 Å². The van der Waals surface area contributed by atoms with Crippen LogP contribution in [0, 0.1) is 11.6 Å². The second-order valence-corrected chi connectivity index (χ2v) is 11.9. The average molecular weight is 668 g/mol. The van der Waals surface area contributed by atoms with Crippen LogP contribution in [0.5, 0.6) is 0 Å². The molecule has 2 heterocycles. The molecule has 47 heavy (non-hydrogen) atoms. The summed E-state index contributed by atoms with van der Waals surface area (Å²) in [4.78, 5) is 57.8. The van der Waals surface area contributed by atoms with E-state index >= 15 is 0 Å². The van der Waals surface area contributed by atoms with E-state index in [0.29, 0.717) is 36.9 Å². The van der Waals surface area contributed by atoms with Crippen LogP contribution in [0.15, 0.2) is 78.9 Å². The lowest BCUT2D eigenvalue weighted by molar-refractivity contribution is -0.147. The number of amides is 4. The van der Waals surface area contributed by atoms with Gasteiger partial charge < -0.3 is 25.8 Å². The van der Waals surface area contributed by atoms with Crippen molar-refractivity contribution in [2.75, 3.05) is 20.1 Å². The van der Waals surface area contributed by atoms with E-state index in [1.807, 2.05) is 30.3 Å². The van der Waals surface area contributed by atoms with E-state index in [0.717, 1.165) is 5.56 Å². The first-order chi connectivity index (χ1) is 22.1. The fourth-order valence-electron chi connectivity index (χ4n) is 6.18. The maximum absolute atomic E-state index is 14.3. The van der Waals surface area contributed by atoms with Gasteiger partial charge >= 0.3 is 0 Å². The zero-order chi connectivity index (χ0) is 32.8. The van der Waals surface area contributed by atoms with Crippen LogP contribution >= 0.6 is 12.4 Å². The number of halogens is 3. The molecule has 2 aliphatic rings. The monoisotopic (exact) mass is 667 g/mol. The standard InChI is InChI=1S/C35H39F2N5O4.ClH/c1-22(38-2)33(44)39-29-21-41(31(43)20-23-6-4-3-5-7-23)19-18-28-16-17-30(42(28)35(29)46)34(45)40-32(24-8-12-26(36)13-9-24)25-10-14-27(37)15-11-25;/h3-15,22,28-30,32,38H,16-21H2,1-2H3,(H,39,44)(H,40,45);1H/t22-,28+,29-,30-;/m0./s1. The molecule has 2 saturated heterocycles. The first-order valence-corrected chi connectivity index (χ1v) is 15.6. The maximum Gasteiger partial charge on any atom is 0.247 e. The second-order valence-electron chi connectivity index (χ2n) is 11.9. The molecule has 12 heteroatoms. The molecule has 3 N–H and O–H groups in total. The fraction of sp³-hybridized carbons (Fsp3) is 0.371. The molecule has 0 aromatic heterocycles. The number of nitrogens with one attached hydrogen (secondary N) is 3. The summed E-state index contributed by atoms with van der Waals surface area (Å²) >= 11 is 0. The molecule has 9 nitrogen and oxygen atoms in total. The Hall–Kier alpha value is -4.35. The summed E-state index contributed by atoms with van der Waals surface area (Å²) in [5.74, 6) is -2.27. The third kappa shape index (κ3) is 8.52. The lowest BCUT2D eigenvalue weighted by atomic mass is 9.98. The predicted octanol–water partition coefficient (Wildman–Crippen LogP) is 3.52. The van der Waals surface area contributed by atoms with Crippen LogP contribution in [0.4, 0.5) is 8.78 Å². The molecule has 0 spiro atoms. The summed E-state index contributed by atoms with van der Waals surface area (Å²) in [6, 6.07) is 17.2. The minimum atomic E-state index is -1.07. The topological polar surface area (TPSA) is 111 Å². The molecular formula is C35H40ClF2N5O4. The Morgan fingerprint density at radius 3 is 2.04 bits per heavy atom. The molecule has 2 fully saturated rings. The van der Waals surface area contributed by atoms with Gasteiger partial charge in [0.05, 0.1) is 18.5 Å². The highest BCUT2D eigenvalue weighted by molar-refractivity contribution is 5.94. The number of nitrogens with zero attached hydrogens (tertiary/aromatic N) is 2. The van der Waals surface area contributed by atoms with Gasteiger partial charge in [0.15, 0.2) is 0 Å². The van der Waals surface area contributed by atoms with Gasteiger partial charge in [-0.25, -0.2) is 8.78 Å². The van der Waals surface area contributed by atoms with E-state index in [-0.39, 0.29) is 37.3 Å². The van der Waals surface area contributed by atoms with E-state index in [1.165, 1.54) is 24.3 Å². The zero-order valence-electron chi connectivity index (χ0n) is 26.3. The van der Waals surface area contributed by atoms with Crippen molar-refractivity contribution in [3.8, 4) is 0 Å². The molecule has 0 saturated carbocycles. The van der Waals surface area contributed by atoms with Crippen molar-refractivity contribution in [2.45, 2.75) is 62.8 Å². The lowest BCUT2D eigenvalue weighted by Gasteiger charge is -2.39. The number of hydrogen-bond acceptors (Lipinski definition) is 5. The van der Waals surface area contributed by atoms with Crippen molar-refractivity contribution in [1.29, 1.82) is 0 Å². The molecular weight excluding hydrogens is 628 g/mol. The van der Waals surface area contributed by atoms with Crippen molar-refractivity contribution < 1.29 is 28.0 Å². The normalized spacial score (nSPS) is 20.0. The van der Waals surface area contributed by atoms with Crippen molar-refractivity contribution in [2.24, 2.45) is 0 Å². The SMILES string of the molecule is CN[C@@H](C)C(=O)N[C@H]1CN(C(=O)Cc2ccccc2)CC[C@H]2CC[C@@H](C(=O)NC(c3ccc(F)cc3)c3ccc(F)cc3)N2C1=O.Cl. The van der Waals surface area contributed by atoms with Crippen LogP contribution in [-0.4, -0.2) is 77.7 Å². The van der Waals surface area contributed by atoms with E-state index < -0.39 is 53.5 Å². The van der Waals surface area contributed by atoms with E-state index in [9.17, 15) is 28.0 Å². The molecule has 250 valence electrons. The van der Waals surface area contributed by atoms with E-state index in [1.54, 1.807) is 48.0 Å². The summed E-state index contributed by atoms with van der Waals surface area (Å²) in [5.41, 5.74) is 2.03. The Morgan fingerprint density at radius 1 is 0.872 bits per heavy atom. The van der Waals surface area contributed by atoms with Crippen molar-refractivity contribution in [1.82, 2.24) is 25.8 Å². The second kappa shape index (κ2) is 16.0. The Morgan fingerprint density at radius 2 is 1.47 bits per heavy atom. The minimum Gasteiger partial charge on any atom is -0.343 e. The molecule has 3 aromatic carbocycles. The highest BCUT2D eigenvalue weighted by atomic mass is 35.5. The van der Waals surface area contributed by atoms with E-state index in [4.69, 9.17) is 0 Å². The number of carbonyl (C=O) groups is 4. The number of hydrogen-bond donors (Lipinski definition) is 3. The van der Waals surface area contributed by atoms with Crippen LogP contribution in [0.2, 0.25) is 0 Å². The van der Waals surface area contributed by atoms with Crippen molar-refractivity contribution >= 4 is 36.0 Å². The largest absolute Gasteiger partial charge is 0.343 e. The number of fused-ring (bicyclic) bond motifs is 1. The first kappa shape index (κ1) is 35.5. The molecule has 4 atom stereocenters. The van der Waals surface area contributed by atoms with Gasteiger partial charge in [-0.2, -0.15) is 0 Å². The molecule has 3 aromatic rings. The Kier molecular flexibility index (Phi) is 12.1. The quantitative estimate of drug-likeness (QED) is 0.324. The molecule has 0 aliphatic carbocycles. The van der Waals surface area contributed by atoms with Gasteiger partial charge in [0, 0.05) is 19.1 Å². The summed E-state index contributed by atoms with van der Waals surface area (Å²) < 4.78 is 27.5. The van der Waals surface area contributed by atoms with Gasteiger partial charge in [0.25, 0.3) is 0 Å². The smallest absolute Gasteiger partial charge is 0.247 e. The van der Waals surface area contributed by atoms with Gasteiger partial charge in [-0.05, 0) is 74.2 Å². The average Bonchev–Trinajstić information content (AvgIpc) is 3.48. The predicted molar refractivity (Wildman–Crippen MR) is 175 cm³/mol. The molecule has 4 amide bonds. The highest BCUT2D eigenvalue weighted by Gasteiger charge is 2.46. The number of benzene rings is 3. The molecule has 5 rings (SSSR count). The third-order valence-corrected chi connectivity index (χ3v) is 8.88. The molecule has 0 bridgehead atoms. The van der Waals surface area contributed by atoms with Gasteiger partial charge in [-0.1, -0.05) is 54.6 Å². The van der Waals surface area contributed by atoms with Gasteiger partial charge in [0.2, 0.25) is 23.6 Å². The fourth-order valence-corrected chi connectivity index (χ4v) is 6.18. The molecule has 2 aliphatic heterocycles. The minimum absolute atomic E-state index is 0. The maximum atomic E-state index is 14.3. The third-order valence-electron chi connectivity index (χ3n) is 8.88. The van der Waals surface area contributed by atoms with E-state index in [2.05, 4.69) is 16.0 Å². The zero-order valence-corrected chi connectivity index (χ0v) is 27.1. The highest BCUT2D eigenvalue weighted by Crippen LogP contribution is 2.31. The number of carbonyl (C=O) groups excluding carboxylic acids is 4. The first-order valence-electron chi connectivity index (χ1n) is 15.6. The Labute approximate surface area is 279 Å². The molecule has 0 radical (unpaired) electrons.